The van der Waals surface area contributed by atoms with Crippen LogP contribution in [-0.2, 0) is 11.3 Å². The van der Waals surface area contributed by atoms with E-state index < -0.39 is 5.82 Å². The number of benzene rings is 1. The summed E-state index contributed by atoms with van der Waals surface area (Å²) in [5.41, 5.74) is 6.56. The van der Waals surface area contributed by atoms with Gasteiger partial charge in [-0.2, -0.15) is 0 Å². The van der Waals surface area contributed by atoms with E-state index in [1.165, 1.54) is 6.07 Å². The van der Waals surface area contributed by atoms with E-state index in [9.17, 15) is 4.39 Å². The fraction of sp³-hybridized carbons (Fsp3) is 0.500. The molecular weight excluding hydrogens is 229 g/mol. The molecule has 4 heteroatoms. The molecule has 0 bridgehead atoms. The van der Waals surface area contributed by atoms with E-state index in [0.29, 0.717) is 12.2 Å². The fourth-order valence-corrected chi connectivity index (χ4v) is 2.20. The molecule has 1 aliphatic carbocycles. The molecule has 1 aliphatic rings. The van der Waals surface area contributed by atoms with Crippen molar-refractivity contribution < 1.29 is 9.13 Å². The first-order valence-electron chi connectivity index (χ1n) is 5.48. The summed E-state index contributed by atoms with van der Waals surface area (Å²) in [6.45, 7) is 0.328. The maximum Gasteiger partial charge on any atom is 0.142 e. The molecule has 1 aromatic carbocycles. The minimum atomic E-state index is -0.404. The SMILES string of the molecule is NC1CCCC1OCc1cccc(F)c1Cl. The molecule has 2 atom stereocenters. The monoisotopic (exact) mass is 243 g/mol. The summed E-state index contributed by atoms with van der Waals surface area (Å²) in [5.74, 6) is -0.404. The first-order chi connectivity index (χ1) is 7.68. The standard InChI is InChI=1S/C12H15ClFNO/c13-12-8(3-1-4-9(12)14)7-16-11-6-2-5-10(11)15/h1,3-4,10-11H,2,5-7,15H2. The number of ether oxygens (including phenoxy) is 1. The van der Waals surface area contributed by atoms with Crippen LogP contribution in [0.2, 0.25) is 5.02 Å². The highest BCUT2D eigenvalue weighted by molar-refractivity contribution is 6.31. The van der Waals surface area contributed by atoms with Crippen molar-refractivity contribution in [3.05, 3.63) is 34.6 Å². The van der Waals surface area contributed by atoms with Gasteiger partial charge in [0.1, 0.15) is 5.82 Å². The largest absolute Gasteiger partial charge is 0.372 e. The van der Waals surface area contributed by atoms with Gasteiger partial charge in [-0.05, 0) is 30.9 Å². The Bertz CT molecular complexity index is 372. The fourth-order valence-electron chi connectivity index (χ4n) is 2.02. The van der Waals surface area contributed by atoms with E-state index in [1.54, 1.807) is 12.1 Å². The number of rotatable bonds is 3. The third-order valence-electron chi connectivity index (χ3n) is 2.99. The Hall–Kier alpha value is -0.640. The van der Waals surface area contributed by atoms with Crippen molar-refractivity contribution in [3.63, 3.8) is 0 Å². The molecule has 0 spiro atoms. The molecular formula is C12H15ClFNO. The lowest BCUT2D eigenvalue weighted by Gasteiger charge is -2.16. The third-order valence-corrected chi connectivity index (χ3v) is 3.41. The Labute approximate surface area is 99.5 Å². The summed E-state index contributed by atoms with van der Waals surface area (Å²) < 4.78 is 18.8. The van der Waals surface area contributed by atoms with Gasteiger partial charge in [-0.1, -0.05) is 23.7 Å². The Balaban J connectivity index is 1.96. The molecule has 0 amide bonds. The van der Waals surface area contributed by atoms with Gasteiger partial charge in [-0.3, -0.25) is 0 Å². The van der Waals surface area contributed by atoms with Crippen LogP contribution in [0.3, 0.4) is 0 Å². The van der Waals surface area contributed by atoms with E-state index in [-0.39, 0.29) is 17.2 Å². The number of halogens is 2. The van der Waals surface area contributed by atoms with Gasteiger partial charge in [-0.15, -0.1) is 0 Å². The normalized spacial score (nSPS) is 24.9. The van der Waals surface area contributed by atoms with Crippen LogP contribution in [0.25, 0.3) is 0 Å². The molecule has 2 unspecified atom stereocenters. The number of hydrogen-bond donors (Lipinski definition) is 1. The smallest absolute Gasteiger partial charge is 0.142 e. The van der Waals surface area contributed by atoms with Gasteiger partial charge >= 0.3 is 0 Å². The van der Waals surface area contributed by atoms with Crippen LogP contribution in [0.15, 0.2) is 18.2 Å². The van der Waals surface area contributed by atoms with Gasteiger partial charge in [0.05, 0.1) is 17.7 Å². The molecule has 2 rings (SSSR count). The highest BCUT2D eigenvalue weighted by atomic mass is 35.5. The number of hydrogen-bond acceptors (Lipinski definition) is 2. The maximum atomic E-state index is 13.1. The van der Waals surface area contributed by atoms with Crippen molar-refractivity contribution in [1.29, 1.82) is 0 Å². The van der Waals surface area contributed by atoms with Crippen molar-refractivity contribution in [3.8, 4) is 0 Å². The van der Waals surface area contributed by atoms with Crippen LogP contribution >= 0.6 is 11.6 Å². The molecule has 1 fully saturated rings. The Morgan fingerprint density at radius 2 is 2.25 bits per heavy atom. The zero-order valence-electron chi connectivity index (χ0n) is 8.96. The van der Waals surface area contributed by atoms with E-state index >= 15 is 0 Å². The summed E-state index contributed by atoms with van der Waals surface area (Å²) in [5, 5.41) is 0.147. The van der Waals surface area contributed by atoms with Crippen molar-refractivity contribution in [2.75, 3.05) is 0 Å². The molecule has 0 saturated heterocycles. The van der Waals surface area contributed by atoms with Gasteiger partial charge < -0.3 is 10.5 Å². The van der Waals surface area contributed by atoms with Crippen molar-refractivity contribution in [1.82, 2.24) is 0 Å². The van der Waals surface area contributed by atoms with Crippen molar-refractivity contribution in [2.24, 2.45) is 5.73 Å². The predicted molar refractivity (Wildman–Crippen MR) is 61.8 cm³/mol. The molecule has 0 radical (unpaired) electrons. The average molecular weight is 244 g/mol. The quantitative estimate of drug-likeness (QED) is 0.886. The third kappa shape index (κ3) is 2.54. The molecule has 0 heterocycles. The topological polar surface area (TPSA) is 35.2 Å². The maximum absolute atomic E-state index is 13.1. The molecule has 1 saturated carbocycles. The van der Waals surface area contributed by atoms with E-state index in [0.717, 1.165) is 19.3 Å². The second-order valence-electron chi connectivity index (χ2n) is 4.16. The highest BCUT2D eigenvalue weighted by Crippen LogP contribution is 2.24. The highest BCUT2D eigenvalue weighted by Gasteiger charge is 2.24. The lowest BCUT2D eigenvalue weighted by Crippen LogP contribution is -2.31. The summed E-state index contributed by atoms with van der Waals surface area (Å²) in [6.07, 6.45) is 3.16. The van der Waals surface area contributed by atoms with Gasteiger partial charge in [0.2, 0.25) is 0 Å². The summed E-state index contributed by atoms with van der Waals surface area (Å²) in [7, 11) is 0. The van der Waals surface area contributed by atoms with Crippen LogP contribution in [0.1, 0.15) is 24.8 Å². The van der Waals surface area contributed by atoms with Gasteiger partial charge in [0.25, 0.3) is 0 Å². The zero-order chi connectivity index (χ0) is 11.5. The van der Waals surface area contributed by atoms with E-state index in [1.807, 2.05) is 0 Å². The first-order valence-corrected chi connectivity index (χ1v) is 5.86. The average Bonchev–Trinajstić information content (AvgIpc) is 2.67. The van der Waals surface area contributed by atoms with Crippen LogP contribution in [0.4, 0.5) is 4.39 Å². The van der Waals surface area contributed by atoms with Gasteiger partial charge in [0, 0.05) is 6.04 Å². The first kappa shape index (κ1) is 11.8. The second-order valence-corrected chi connectivity index (χ2v) is 4.54. The molecule has 1 aromatic rings. The molecule has 0 aliphatic heterocycles. The number of nitrogens with two attached hydrogens (primary N) is 1. The van der Waals surface area contributed by atoms with Crippen molar-refractivity contribution >= 4 is 11.6 Å². The Morgan fingerprint density at radius 3 is 2.94 bits per heavy atom. The van der Waals surface area contributed by atoms with Crippen LogP contribution in [0.5, 0.6) is 0 Å². The van der Waals surface area contributed by atoms with E-state index in [4.69, 9.17) is 22.1 Å². The van der Waals surface area contributed by atoms with Crippen LogP contribution < -0.4 is 5.73 Å². The minimum Gasteiger partial charge on any atom is -0.372 e. The van der Waals surface area contributed by atoms with Crippen molar-refractivity contribution in [2.45, 2.75) is 38.0 Å². The minimum absolute atomic E-state index is 0.0827. The summed E-state index contributed by atoms with van der Waals surface area (Å²) in [4.78, 5) is 0. The second kappa shape index (κ2) is 5.13. The molecule has 88 valence electrons. The Morgan fingerprint density at radius 1 is 1.44 bits per heavy atom. The zero-order valence-corrected chi connectivity index (χ0v) is 9.71. The summed E-state index contributed by atoms with van der Waals surface area (Å²) >= 11 is 5.83. The lowest BCUT2D eigenvalue weighted by atomic mass is 10.2. The summed E-state index contributed by atoms with van der Waals surface area (Å²) in [6, 6.07) is 4.85. The molecule has 2 N–H and O–H groups in total. The van der Waals surface area contributed by atoms with Crippen LogP contribution in [0, 0.1) is 5.82 Å². The molecule has 16 heavy (non-hydrogen) atoms. The van der Waals surface area contributed by atoms with Gasteiger partial charge in [0.15, 0.2) is 0 Å². The molecule has 2 nitrogen and oxygen atoms in total. The van der Waals surface area contributed by atoms with Gasteiger partial charge in [-0.25, -0.2) is 4.39 Å². The lowest BCUT2D eigenvalue weighted by molar-refractivity contribution is 0.0356. The van der Waals surface area contributed by atoms with Crippen LogP contribution in [-0.4, -0.2) is 12.1 Å². The predicted octanol–water partition coefficient (Wildman–Crippen LogP) is 2.88. The molecule has 0 aromatic heterocycles. The Kier molecular flexibility index (Phi) is 3.79. The van der Waals surface area contributed by atoms with E-state index in [2.05, 4.69) is 0 Å².